The molecule has 31 heavy (non-hydrogen) atoms. The van der Waals surface area contributed by atoms with Crippen LogP contribution in [-0.4, -0.2) is 65.7 Å². The van der Waals surface area contributed by atoms with E-state index in [1.54, 1.807) is 6.07 Å². The third-order valence-corrected chi connectivity index (χ3v) is 5.52. The molecule has 1 saturated heterocycles. The van der Waals surface area contributed by atoms with Crippen molar-refractivity contribution in [1.82, 2.24) is 20.4 Å². The van der Waals surface area contributed by atoms with Crippen LogP contribution in [0.25, 0.3) is 0 Å². The number of halogens is 1. The third-order valence-electron chi connectivity index (χ3n) is 5.52. The molecular weight excluding hydrogens is 403 g/mol. The van der Waals surface area contributed by atoms with Gasteiger partial charge >= 0.3 is 12.1 Å². The molecule has 1 aromatic rings. The predicted octanol–water partition coefficient (Wildman–Crippen LogP) is 1.58. The minimum absolute atomic E-state index is 0.0564. The summed E-state index contributed by atoms with van der Waals surface area (Å²) in [6.45, 7) is 4.15. The largest absolute Gasteiger partial charge is 0.350 e. The summed E-state index contributed by atoms with van der Waals surface area (Å²) in [6.07, 6.45) is 3.53. The van der Waals surface area contributed by atoms with E-state index in [4.69, 9.17) is 5.73 Å². The zero-order chi connectivity index (χ0) is 22.4. The number of nitrogens with one attached hydrogen (secondary N) is 3. The molecule has 2 fully saturated rings. The number of rotatable bonds is 5. The van der Waals surface area contributed by atoms with Gasteiger partial charge in [-0.15, -0.1) is 6.58 Å². The topological polar surface area (TPSA) is 120 Å². The van der Waals surface area contributed by atoms with Crippen molar-refractivity contribution in [3.63, 3.8) is 0 Å². The summed E-state index contributed by atoms with van der Waals surface area (Å²) < 4.78 is 13.5. The highest BCUT2D eigenvalue weighted by molar-refractivity contribution is 5.96. The van der Waals surface area contributed by atoms with Crippen LogP contribution in [-0.2, 0) is 4.79 Å². The molecule has 1 aromatic carbocycles. The van der Waals surface area contributed by atoms with Crippen molar-refractivity contribution in [2.45, 2.75) is 43.9 Å². The van der Waals surface area contributed by atoms with Crippen LogP contribution in [0, 0.1) is 5.82 Å². The highest BCUT2D eigenvalue weighted by Gasteiger charge is 2.43. The van der Waals surface area contributed by atoms with Gasteiger partial charge in [-0.2, -0.15) is 0 Å². The van der Waals surface area contributed by atoms with Crippen LogP contribution in [0.2, 0.25) is 0 Å². The van der Waals surface area contributed by atoms with Crippen molar-refractivity contribution in [1.29, 1.82) is 0 Å². The summed E-state index contributed by atoms with van der Waals surface area (Å²) in [5.41, 5.74) is 6.20. The first kappa shape index (κ1) is 22.5. The van der Waals surface area contributed by atoms with E-state index in [1.807, 2.05) is 0 Å². The van der Waals surface area contributed by atoms with Gasteiger partial charge in [-0.05, 0) is 43.9 Å². The first-order valence-electron chi connectivity index (χ1n) is 10.4. The highest BCUT2D eigenvalue weighted by atomic mass is 19.1. The van der Waals surface area contributed by atoms with Gasteiger partial charge in [-0.25, -0.2) is 14.0 Å². The number of anilines is 1. The number of hydrogen-bond donors (Lipinski definition) is 4. The van der Waals surface area contributed by atoms with Crippen molar-refractivity contribution in [2.75, 3.05) is 25.0 Å². The van der Waals surface area contributed by atoms with Gasteiger partial charge in [0.15, 0.2) is 6.17 Å². The van der Waals surface area contributed by atoms with Crippen LogP contribution in [0.5, 0.6) is 0 Å². The Morgan fingerprint density at radius 3 is 2.45 bits per heavy atom. The summed E-state index contributed by atoms with van der Waals surface area (Å²) in [7, 11) is 0. The summed E-state index contributed by atoms with van der Waals surface area (Å²) in [5.74, 6) is -0.921. The average molecular weight is 433 g/mol. The highest BCUT2D eigenvalue weighted by Crippen LogP contribution is 2.21. The number of amides is 5. The molecule has 1 saturated carbocycles. The molecule has 2 aliphatic rings. The minimum Gasteiger partial charge on any atom is -0.350 e. The second-order valence-electron chi connectivity index (χ2n) is 7.80. The second kappa shape index (κ2) is 10.3. The predicted molar refractivity (Wildman–Crippen MR) is 115 cm³/mol. The summed E-state index contributed by atoms with van der Waals surface area (Å²) in [4.78, 5) is 41.2. The van der Waals surface area contributed by atoms with E-state index in [0.29, 0.717) is 0 Å². The zero-order valence-electron chi connectivity index (χ0n) is 17.4. The lowest BCUT2D eigenvalue weighted by Crippen LogP contribution is -2.58. The summed E-state index contributed by atoms with van der Waals surface area (Å²) in [6, 6.07) is 4.50. The molecule has 5 amide bonds. The quantitative estimate of drug-likeness (QED) is 0.528. The van der Waals surface area contributed by atoms with E-state index in [-0.39, 0.29) is 37.4 Å². The molecule has 1 aliphatic carbocycles. The third kappa shape index (κ3) is 5.72. The molecule has 168 valence electrons. The van der Waals surface area contributed by atoms with Crippen LogP contribution >= 0.6 is 0 Å². The lowest BCUT2D eigenvalue weighted by Gasteiger charge is -2.32. The Morgan fingerprint density at radius 1 is 1.13 bits per heavy atom. The second-order valence-corrected chi connectivity index (χ2v) is 7.80. The van der Waals surface area contributed by atoms with Gasteiger partial charge in [0, 0.05) is 37.4 Å². The minimum atomic E-state index is -1.12. The first-order valence-corrected chi connectivity index (χ1v) is 10.4. The van der Waals surface area contributed by atoms with E-state index in [9.17, 15) is 18.8 Å². The first-order chi connectivity index (χ1) is 14.9. The molecule has 10 heteroatoms. The molecule has 0 aromatic heterocycles. The molecule has 0 radical (unpaired) electrons. The monoisotopic (exact) mass is 432 g/mol. The lowest BCUT2D eigenvalue weighted by atomic mass is 9.92. The maximum atomic E-state index is 13.5. The average Bonchev–Trinajstić information content (AvgIpc) is 3.19. The van der Waals surface area contributed by atoms with E-state index in [2.05, 4.69) is 22.5 Å². The van der Waals surface area contributed by atoms with Crippen molar-refractivity contribution in [2.24, 2.45) is 5.73 Å². The Morgan fingerprint density at radius 2 is 1.81 bits per heavy atom. The molecular formula is C21H29FN6O3. The fraction of sp³-hybridized carbons (Fsp3) is 0.476. The number of hydrogen-bond acceptors (Lipinski definition) is 4. The van der Waals surface area contributed by atoms with Gasteiger partial charge < -0.3 is 21.7 Å². The van der Waals surface area contributed by atoms with Crippen LogP contribution < -0.4 is 21.7 Å². The number of carbonyl (C=O) groups is 3. The molecule has 1 unspecified atom stereocenters. The van der Waals surface area contributed by atoms with Gasteiger partial charge in [0.25, 0.3) is 5.91 Å². The van der Waals surface area contributed by atoms with Crippen LogP contribution in [0.3, 0.4) is 0 Å². The maximum absolute atomic E-state index is 13.5. The number of nitrogens with two attached hydrogens (primary N) is 1. The normalized spacial score (nSPS) is 23.2. The maximum Gasteiger partial charge on any atom is 0.323 e. The van der Waals surface area contributed by atoms with Crippen LogP contribution in [0.4, 0.5) is 19.7 Å². The fourth-order valence-electron chi connectivity index (χ4n) is 3.90. The van der Waals surface area contributed by atoms with E-state index in [1.165, 1.54) is 34.1 Å². The summed E-state index contributed by atoms with van der Waals surface area (Å²) in [5, 5.41) is 8.21. The molecule has 0 spiro atoms. The van der Waals surface area contributed by atoms with Gasteiger partial charge in [-0.1, -0.05) is 12.1 Å². The van der Waals surface area contributed by atoms with Crippen molar-refractivity contribution >= 4 is 23.7 Å². The molecule has 1 heterocycles. The molecule has 1 atom stereocenters. The molecule has 9 nitrogen and oxygen atoms in total. The summed E-state index contributed by atoms with van der Waals surface area (Å²) >= 11 is 0. The van der Waals surface area contributed by atoms with Crippen LogP contribution in [0.15, 0.2) is 36.9 Å². The Bertz CT molecular complexity index is 827. The Hall–Kier alpha value is -3.14. The van der Waals surface area contributed by atoms with Gasteiger partial charge in [0.1, 0.15) is 5.82 Å². The van der Waals surface area contributed by atoms with E-state index < -0.39 is 30.0 Å². The van der Waals surface area contributed by atoms with Crippen molar-refractivity contribution < 1.29 is 18.8 Å². The Balaban J connectivity index is 1.74. The fourth-order valence-corrected chi connectivity index (χ4v) is 3.90. The zero-order valence-corrected chi connectivity index (χ0v) is 17.4. The number of benzene rings is 1. The van der Waals surface area contributed by atoms with E-state index >= 15 is 0 Å². The standard InChI is InChI=1S/C21H29FN6O3/c1-2-10-24-20(30)27-11-12-28(21(31)26-17-5-3-4-14(22)13-17)19(27)18(29)25-16-8-6-15(23)7-9-16/h2-5,13,15-16,19H,1,6-12,23H2,(H,24,30)(H,25,29)(H,26,31). The SMILES string of the molecule is C=CCNC(=O)N1CCN(C(=O)Nc2cccc(F)c2)C1C(=O)NC1CCC(N)CC1. The lowest BCUT2D eigenvalue weighted by molar-refractivity contribution is -0.128. The number of urea groups is 2. The molecule has 5 N–H and O–H groups in total. The smallest absolute Gasteiger partial charge is 0.323 e. The van der Waals surface area contributed by atoms with Gasteiger partial charge in [0.05, 0.1) is 0 Å². The van der Waals surface area contributed by atoms with Crippen LogP contribution in [0.1, 0.15) is 25.7 Å². The van der Waals surface area contributed by atoms with E-state index in [0.717, 1.165) is 25.7 Å². The molecule has 1 aliphatic heterocycles. The van der Waals surface area contributed by atoms with Gasteiger partial charge in [0.2, 0.25) is 0 Å². The molecule has 3 rings (SSSR count). The van der Waals surface area contributed by atoms with Crippen molar-refractivity contribution in [3.05, 3.63) is 42.7 Å². The Kier molecular flexibility index (Phi) is 7.45. The number of carbonyl (C=O) groups excluding carboxylic acids is 3. The van der Waals surface area contributed by atoms with Gasteiger partial charge in [-0.3, -0.25) is 14.6 Å². The van der Waals surface area contributed by atoms with Crippen molar-refractivity contribution in [3.8, 4) is 0 Å². The Labute approximate surface area is 180 Å². The molecule has 0 bridgehead atoms. The number of nitrogens with zero attached hydrogens (tertiary/aromatic N) is 2.